The first kappa shape index (κ1) is 29.7. The molecule has 1 heterocycles. The molecule has 0 saturated heterocycles. The summed E-state index contributed by atoms with van der Waals surface area (Å²) in [6.07, 6.45) is 6.91. The Morgan fingerprint density at radius 1 is 1.18 bits per heavy atom. The van der Waals surface area contributed by atoms with Gasteiger partial charge in [0.2, 0.25) is 0 Å². The molecule has 0 aliphatic heterocycles. The molecular formula is C32H43N3O5. The summed E-state index contributed by atoms with van der Waals surface area (Å²) < 4.78 is 10.5. The zero-order valence-corrected chi connectivity index (χ0v) is 24.5. The van der Waals surface area contributed by atoms with Crippen molar-refractivity contribution in [3.8, 4) is 5.75 Å². The van der Waals surface area contributed by atoms with Gasteiger partial charge in [0.25, 0.3) is 5.91 Å². The minimum Gasteiger partial charge on any atom is -0.494 e. The number of amides is 1. The topological polar surface area (TPSA) is 121 Å². The van der Waals surface area contributed by atoms with Gasteiger partial charge in [-0.2, -0.15) is 0 Å². The van der Waals surface area contributed by atoms with Crippen LogP contribution < -0.4 is 15.8 Å². The van der Waals surface area contributed by atoms with Crippen LogP contribution in [-0.2, 0) is 21.4 Å². The second kappa shape index (κ2) is 12.1. The molecule has 216 valence electrons. The SMILES string of the molecule is COc1cc(C(=O)NC[C@@]2(C)CCC[C@]3(C)c4ccc(C(C)C)cc4CC[C@@H]23)cnc1C(=O)OCCC(=O)CN. The molecule has 40 heavy (non-hydrogen) atoms. The molecule has 4 rings (SSSR count). The molecule has 1 aromatic carbocycles. The number of nitrogens with one attached hydrogen (secondary N) is 1. The molecule has 0 unspecified atom stereocenters. The Labute approximate surface area is 237 Å². The smallest absolute Gasteiger partial charge is 0.360 e. The second-order valence-electron chi connectivity index (χ2n) is 12.2. The van der Waals surface area contributed by atoms with E-state index >= 15 is 0 Å². The van der Waals surface area contributed by atoms with Gasteiger partial charge in [-0.3, -0.25) is 9.59 Å². The van der Waals surface area contributed by atoms with E-state index in [0.29, 0.717) is 23.9 Å². The van der Waals surface area contributed by atoms with E-state index < -0.39 is 5.97 Å². The van der Waals surface area contributed by atoms with E-state index in [0.717, 1.165) is 32.1 Å². The number of hydrogen-bond acceptors (Lipinski definition) is 7. The monoisotopic (exact) mass is 549 g/mol. The van der Waals surface area contributed by atoms with Crippen molar-refractivity contribution in [3.05, 3.63) is 58.4 Å². The van der Waals surface area contributed by atoms with Gasteiger partial charge in [0.05, 0.1) is 25.8 Å². The fourth-order valence-electron chi connectivity index (χ4n) is 6.90. The zero-order valence-electron chi connectivity index (χ0n) is 24.5. The lowest BCUT2D eigenvalue weighted by Crippen LogP contribution is -2.53. The van der Waals surface area contributed by atoms with Gasteiger partial charge in [-0.05, 0) is 71.1 Å². The first-order valence-electron chi connectivity index (χ1n) is 14.4. The number of benzene rings is 1. The Morgan fingerprint density at radius 3 is 2.65 bits per heavy atom. The third-order valence-corrected chi connectivity index (χ3v) is 9.19. The van der Waals surface area contributed by atoms with Crippen molar-refractivity contribution >= 4 is 17.7 Å². The Morgan fingerprint density at radius 2 is 1.95 bits per heavy atom. The van der Waals surface area contributed by atoms with Crippen LogP contribution in [0.15, 0.2) is 30.5 Å². The quantitative estimate of drug-likeness (QED) is 0.411. The van der Waals surface area contributed by atoms with Gasteiger partial charge in [-0.25, -0.2) is 9.78 Å². The second-order valence-corrected chi connectivity index (χ2v) is 12.2. The van der Waals surface area contributed by atoms with Crippen molar-refractivity contribution in [3.63, 3.8) is 0 Å². The molecule has 0 spiro atoms. The minimum atomic E-state index is -0.722. The molecule has 1 amide bonds. The lowest BCUT2D eigenvalue weighted by Gasteiger charge is -2.55. The third kappa shape index (κ3) is 5.92. The molecule has 1 fully saturated rings. The number of methoxy groups -OCH3 is 1. The van der Waals surface area contributed by atoms with Gasteiger partial charge < -0.3 is 20.5 Å². The van der Waals surface area contributed by atoms with Gasteiger partial charge in [-0.15, -0.1) is 0 Å². The highest BCUT2D eigenvalue weighted by molar-refractivity contribution is 5.96. The number of pyridine rings is 1. The lowest BCUT2D eigenvalue weighted by molar-refractivity contribution is -0.118. The van der Waals surface area contributed by atoms with Crippen LogP contribution in [0.2, 0.25) is 0 Å². The van der Waals surface area contributed by atoms with Crippen molar-refractivity contribution in [1.29, 1.82) is 0 Å². The van der Waals surface area contributed by atoms with Gasteiger partial charge in [-0.1, -0.05) is 52.3 Å². The molecule has 3 atom stereocenters. The number of carbonyl (C=O) groups excluding carboxylic acids is 3. The number of nitrogens with two attached hydrogens (primary N) is 1. The molecule has 3 N–H and O–H groups in total. The van der Waals surface area contributed by atoms with Crippen LogP contribution >= 0.6 is 0 Å². The number of hydrogen-bond donors (Lipinski definition) is 2. The van der Waals surface area contributed by atoms with Crippen LogP contribution in [0.1, 0.15) is 103 Å². The number of carbonyl (C=O) groups is 3. The number of ketones is 1. The van der Waals surface area contributed by atoms with Crippen LogP contribution in [0.3, 0.4) is 0 Å². The van der Waals surface area contributed by atoms with Crippen LogP contribution in [-0.4, -0.2) is 49.4 Å². The highest BCUT2D eigenvalue weighted by Gasteiger charge is 2.51. The minimum absolute atomic E-state index is 0.0361. The Hall–Kier alpha value is -3.26. The van der Waals surface area contributed by atoms with E-state index in [1.807, 2.05) is 0 Å². The van der Waals surface area contributed by atoms with Crippen molar-refractivity contribution < 1.29 is 23.9 Å². The third-order valence-electron chi connectivity index (χ3n) is 9.19. The molecule has 1 saturated carbocycles. The van der Waals surface area contributed by atoms with Crippen molar-refractivity contribution in [2.24, 2.45) is 17.1 Å². The predicted molar refractivity (Wildman–Crippen MR) is 154 cm³/mol. The van der Waals surface area contributed by atoms with Crippen LogP contribution in [0.4, 0.5) is 0 Å². The maximum atomic E-state index is 13.2. The number of rotatable bonds is 10. The highest BCUT2D eigenvalue weighted by Crippen LogP contribution is 2.57. The van der Waals surface area contributed by atoms with Gasteiger partial charge in [0.1, 0.15) is 5.78 Å². The highest BCUT2D eigenvalue weighted by atomic mass is 16.5. The summed E-state index contributed by atoms with van der Waals surface area (Å²) in [6, 6.07) is 8.57. The molecule has 8 nitrogen and oxygen atoms in total. The lowest BCUT2D eigenvalue weighted by atomic mass is 9.49. The molecule has 0 bridgehead atoms. The Kier molecular flexibility index (Phi) is 8.98. The molecule has 1 aromatic heterocycles. The summed E-state index contributed by atoms with van der Waals surface area (Å²) in [4.78, 5) is 41.2. The number of nitrogens with zero attached hydrogens (tertiary/aromatic N) is 1. The number of esters is 1. The molecule has 8 heteroatoms. The summed E-state index contributed by atoms with van der Waals surface area (Å²) in [7, 11) is 1.41. The summed E-state index contributed by atoms with van der Waals surface area (Å²) in [6.45, 7) is 9.59. The normalized spacial score (nSPS) is 23.6. The van der Waals surface area contributed by atoms with Gasteiger partial charge >= 0.3 is 5.97 Å². The predicted octanol–water partition coefficient (Wildman–Crippen LogP) is 4.73. The zero-order chi connectivity index (χ0) is 29.1. The summed E-state index contributed by atoms with van der Waals surface area (Å²) in [5, 5.41) is 3.16. The number of ether oxygens (including phenoxy) is 2. The van der Waals surface area contributed by atoms with E-state index in [4.69, 9.17) is 15.2 Å². The molecule has 2 aliphatic rings. The maximum Gasteiger partial charge on any atom is 0.360 e. The first-order chi connectivity index (χ1) is 19.0. The van der Waals surface area contributed by atoms with E-state index in [1.54, 1.807) is 0 Å². The molecule has 2 aliphatic carbocycles. The van der Waals surface area contributed by atoms with Gasteiger partial charge in [0.15, 0.2) is 11.4 Å². The first-order valence-corrected chi connectivity index (χ1v) is 14.4. The molecule has 0 radical (unpaired) electrons. The number of fused-ring (bicyclic) bond motifs is 3. The largest absolute Gasteiger partial charge is 0.494 e. The van der Waals surface area contributed by atoms with E-state index in [1.165, 1.54) is 36.1 Å². The maximum absolute atomic E-state index is 13.2. The standard InChI is InChI=1S/C32H43N3O5/c1-20(2)21-7-9-25-22(15-21)8-10-27-31(3,12-6-13-32(25,27)4)19-35-29(37)23-16-26(39-5)28(34-18-23)30(38)40-14-11-24(36)17-33/h7,9,15-16,18,20,27H,6,8,10-14,17,19,33H2,1-5H3,(H,35,37)/t27-,31+,32+/m0/s1. The number of aromatic nitrogens is 1. The Balaban J connectivity index is 1.45. The van der Waals surface area contributed by atoms with Crippen molar-refractivity contribution in [2.45, 2.75) is 77.6 Å². The van der Waals surface area contributed by atoms with Crippen LogP contribution in [0, 0.1) is 11.3 Å². The van der Waals surface area contributed by atoms with E-state index in [-0.39, 0.29) is 53.5 Å². The summed E-state index contributed by atoms with van der Waals surface area (Å²) in [5.74, 6) is -0.0653. The number of aryl methyl sites for hydroxylation is 1. The van der Waals surface area contributed by atoms with E-state index in [9.17, 15) is 14.4 Å². The molecule has 2 aromatic rings. The Bertz CT molecular complexity index is 1280. The van der Waals surface area contributed by atoms with Gasteiger partial charge in [0, 0.05) is 19.2 Å². The molecular weight excluding hydrogens is 506 g/mol. The fourth-order valence-corrected chi connectivity index (χ4v) is 6.90. The van der Waals surface area contributed by atoms with Crippen LogP contribution in [0.5, 0.6) is 5.75 Å². The van der Waals surface area contributed by atoms with Crippen LogP contribution in [0.25, 0.3) is 0 Å². The average Bonchev–Trinajstić information content (AvgIpc) is 2.94. The van der Waals surface area contributed by atoms with E-state index in [2.05, 4.69) is 56.2 Å². The number of Topliss-reactive ketones (excluding diaryl/α,β-unsaturated/α-hetero) is 1. The average molecular weight is 550 g/mol. The van der Waals surface area contributed by atoms with Crippen molar-refractivity contribution in [2.75, 3.05) is 26.8 Å². The fraction of sp³-hybridized carbons (Fsp3) is 0.562. The summed E-state index contributed by atoms with van der Waals surface area (Å²) in [5.41, 5.74) is 9.96. The van der Waals surface area contributed by atoms with Crippen molar-refractivity contribution in [1.82, 2.24) is 10.3 Å². The summed E-state index contributed by atoms with van der Waals surface area (Å²) >= 11 is 0.